The zero-order valence-corrected chi connectivity index (χ0v) is 16.8. The lowest BCUT2D eigenvalue weighted by Gasteiger charge is -2.25. The van der Waals surface area contributed by atoms with Gasteiger partial charge in [-0.05, 0) is 29.8 Å². The van der Waals surface area contributed by atoms with Gasteiger partial charge in [-0.15, -0.1) is 0 Å². The lowest BCUT2D eigenvalue weighted by molar-refractivity contribution is -0.137. The topological polar surface area (TPSA) is 75.2 Å². The van der Waals surface area contributed by atoms with Crippen LogP contribution in [0.4, 0.5) is 13.2 Å². The lowest BCUT2D eigenvalue weighted by Crippen LogP contribution is -2.20. The van der Waals surface area contributed by atoms with Crippen LogP contribution in [0.5, 0.6) is 5.75 Å². The number of alkyl halides is 3. The molecule has 1 unspecified atom stereocenters. The number of fused-ring (bicyclic) bond motifs is 1. The van der Waals surface area contributed by atoms with E-state index >= 15 is 0 Å². The molecule has 0 spiro atoms. The number of hydrogen-bond donors (Lipinski definition) is 0. The molecule has 10 heteroatoms. The molecule has 2 aromatic carbocycles. The summed E-state index contributed by atoms with van der Waals surface area (Å²) in [6, 6.07) is 12.3. The number of methoxy groups -OCH3 is 1. The lowest BCUT2D eigenvalue weighted by atomic mass is 10.1. The Hall–Kier alpha value is -3.66. The molecule has 2 aromatic heterocycles. The Kier molecular flexibility index (Phi) is 4.93. The molecule has 0 radical (unpaired) electrons. The van der Waals surface area contributed by atoms with Crippen molar-refractivity contribution in [2.24, 2.45) is 0 Å². The van der Waals surface area contributed by atoms with Gasteiger partial charge in [0, 0.05) is 5.56 Å². The van der Waals surface area contributed by atoms with Gasteiger partial charge in [0.15, 0.2) is 5.69 Å². The first-order valence-corrected chi connectivity index (χ1v) is 9.73. The highest BCUT2D eigenvalue weighted by Gasteiger charge is 2.30. The summed E-state index contributed by atoms with van der Waals surface area (Å²) in [7, 11) is 1.62. The Labute approximate surface area is 180 Å². The van der Waals surface area contributed by atoms with Crippen molar-refractivity contribution < 1.29 is 27.2 Å². The maximum Gasteiger partial charge on any atom is 0.416 e. The number of benzene rings is 2. The number of halogens is 3. The fourth-order valence-corrected chi connectivity index (χ4v) is 3.57. The van der Waals surface area contributed by atoms with Crippen LogP contribution in [0.3, 0.4) is 0 Å². The molecule has 5 rings (SSSR count). The highest BCUT2D eigenvalue weighted by Crippen LogP contribution is 2.33. The first kappa shape index (κ1) is 20.3. The molecule has 0 saturated carbocycles. The highest BCUT2D eigenvalue weighted by molar-refractivity contribution is 5.59. The fourth-order valence-electron chi connectivity index (χ4n) is 3.57. The Morgan fingerprint density at radius 2 is 1.81 bits per heavy atom. The standard InChI is InChI=1S/C22H17F3N4O3/c1-30-16-8-4-13(5-9-16)18-10-29-12-26-19(17(29)11-31-18)21-27-20(28-32-21)14-2-6-15(7-3-14)22(23,24)25/h2-9,12,18H,10-11H2,1H3. The van der Waals surface area contributed by atoms with Crippen molar-refractivity contribution in [1.29, 1.82) is 0 Å². The SMILES string of the molecule is COc1ccc(C2Cn3cnc(-c4nc(-c5ccc(C(F)(F)F)cc5)no4)c3CO2)cc1. The van der Waals surface area contributed by atoms with Crippen molar-refractivity contribution in [3.05, 3.63) is 71.7 Å². The number of nitrogens with zero attached hydrogens (tertiary/aromatic N) is 4. The summed E-state index contributed by atoms with van der Waals surface area (Å²) in [5, 5.41) is 3.89. The third-order valence-corrected chi connectivity index (χ3v) is 5.32. The minimum atomic E-state index is -4.40. The van der Waals surface area contributed by atoms with Crippen molar-refractivity contribution in [3.63, 3.8) is 0 Å². The summed E-state index contributed by atoms with van der Waals surface area (Å²) < 4.78 is 56.8. The average molecular weight is 442 g/mol. The van der Waals surface area contributed by atoms with E-state index in [1.807, 2.05) is 28.8 Å². The Balaban J connectivity index is 1.36. The molecule has 3 heterocycles. The van der Waals surface area contributed by atoms with Crippen molar-refractivity contribution in [3.8, 4) is 28.7 Å². The molecule has 0 saturated heterocycles. The number of ether oxygens (including phenoxy) is 2. The van der Waals surface area contributed by atoms with E-state index in [0.29, 0.717) is 24.4 Å². The Bertz CT molecular complexity index is 1230. The van der Waals surface area contributed by atoms with Crippen LogP contribution in [0.25, 0.3) is 23.0 Å². The molecule has 0 amide bonds. The molecule has 1 aliphatic heterocycles. The van der Waals surface area contributed by atoms with E-state index in [1.54, 1.807) is 13.4 Å². The van der Waals surface area contributed by atoms with E-state index in [9.17, 15) is 13.2 Å². The van der Waals surface area contributed by atoms with Crippen molar-refractivity contribution >= 4 is 0 Å². The summed E-state index contributed by atoms with van der Waals surface area (Å²) in [5.41, 5.74) is 1.98. The molecule has 4 aromatic rings. The summed E-state index contributed by atoms with van der Waals surface area (Å²) in [6.45, 7) is 0.860. The van der Waals surface area contributed by atoms with Gasteiger partial charge >= 0.3 is 6.18 Å². The van der Waals surface area contributed by atoms with Crippen molar-refractivity contribution in [2.45, 2.75) is 25.4 Å². The van der Waals surface area contributed by atoms with Crippen molar-refractivity contribution in [2.75, 3.05) is 7.11 Å². The second-order valence-corrected chi connectivity index (χ2v) is 7.26. The molecule has 1 aliphatic rings. The second kappa shape index (κ2) is 7.79. The zero-order valence-electron chi connectivity index (χ0n) is 16.8. The first-order valence-electron chi connectivity index (χ1n) is 9.73. The zero-order chi connectivity index (χ0) is 22.3. The molecule has 0 N–H and O–H groups in total. The minimum Gasteiger partial charge on any atom is -0.497 e. The van der Waals surface area contributed by atoms with Gasteiger partial charge in [-0.25, -0.2) is 4.98 Å². The normalized spacial score (nSPS) is 16.1. The van der Waals surface area contributed by atoms with Gasteiger partial charge in [0.2, 0.25) is 5.82 Å². The molecule has 0 bridgehead atoms. The molecule has 164 valence electrons. The van der Waals surface area contributed by atoms with E-state index < -0.39 is 11.7 Å². The first-order chi connectivity index (χ1) is 15.4. The third kappa shape index (κ3) is 3.73. The summed E-state index contributed by atoms with van der Waals surface area (Å²) in [6.07, 6.45) is -2.85. The average Bonchev–Trinajstić information content (AvgIpc) is 3.45. The van der Waals surface area contributed by atoms with Gasteiger partial charge in [-0.1, -0.05) is 29.4 Å². The number of aromatic nitrogens is 4. The number of rotatable bonds is 4. The maximum atomic E-state index is 12.8. The smallest absolute Gasteiger partial charge is 0.416 e. The van der Waals surface area contributed by atoms with Crippen LogP contribution in [-0.2, 0) is 24.1 Å². The van der Waals surface area contributed by atoms with E-state index in [1.165, 1.54) is 12.1 Å². The largest absolute Gasteiger partial charge is 0.497 e. The van der Waals surface area contributed by atoms with Crippen LogP contribution >= 0.6 is 0 Å². The summed E-state index contributed by atoms with van der Waals surface area (Å²) >= 11 is 0. The van der Waals surface area contributed by atoms with Crippen LogP contribution in [-0.4, -0.2) is 26.8 Å². The molecule has 7 nitrogen and oxygen atoms in total. The van der Waals surface area contributed by atoms with E-state index in [4.69, 9.17) is 14.0 Å². The van der Waals surface area contributed by atoms with Gasteiger partial charge in [0.25, 0.3) is 5.89 Å². The second-order valence-electron chi connectivity index (χ2n) is 7.26. The van der Waals surface area contributed by atoms with Crippen LogP contribution in [0.2, 0.25) is 0 Å². The predicted molar refractivity (Wildman–Crippen MR) is 106 cm³/mol. The van der Waals surface area contributed by atoms with Gasteiger partial charge in [0.05, 0.1) is 37.8 Å². The summed E-state index contributed by atoms with van der Waals surface area (Å²) in [4.78, 5) is 8.71. The monoisotopic (exact) mass is 442 g/mol. The molecular weight excluding hydrogens is 425 g/mol. The minimum absolute atomic E-state index is 0.138. The third-order valence-electron chi connectivity index (χ3n) is 5.32. The number of imidazole rings is 1. The van der Waals surface area contributed by atoms with Gasteiger partial charge < -0.3 is 18.6 Å². The van der Waals surface area contributed by atoms with Gasteiger partial charge in [-0.3, -0.25) is 0 Å². The molecule has 1 atom stereocenters. The van der Waals surface area contributed by atoms with Gasteiger partial charge in [0.1, 0.15) is 11.9 Å². The quantitative estimate of drug-likeness (QED) is 0.448. The predicted octanol–water partition coefficient (Wildman–Crippen LogP) is 4.90. The summed E-state index contributed by atoms with van der Waals surface area (Å²) in [5.74, 6) is 1.14. The van der Waals surface area contributed by atoms with Crippen LogP contribution in [0.1, 0.15) is 22.9 Å². The highest BCUT2D eigenvalue weighted by atomic mass is 19.4. The fraction of sp³-hybridized carbons (Fsp3) is 0.227. The van der Waals surface area contributed by atoms with E-state index in [2.05, 4.69) is 15.1 Å². The molecule has 0 aliphatic carbocycles. The molecule has 0 fully saturated rings. The van der Waals surface area contributed by atoms with Crippen LogP contribution < -0.4 is 4.74 Å². The van der Waals surface area contributed by atoms with Crippen LogP contribution in [0.15, 0.2) is 59.4 Å². The van der Waals surface area contributed by atoms with E-state index in [0.717, 1.165) is 29.1 Å². The molecular formula is C22H17F3N4O3. The van der Waals surface area contributed by atoms with E-state index in [-0.39, 0.29) is 17.8 Å². The Morgan fingerprint density at radius 3 is 2.50 bits per heavy atom. The van der Waals surface area contributed by atoms with Crippen molar-refractivity contribution in [1.82, 2.24) is 19.7 Å². The van der Waals surface area contributed by atoms with Gasteiger partial charge in [-0.2, -0.15) is 18.2 Å². The number of hydrogen-bond acceptors (Lipinski definition) is 6. The Morgan fingerprint density at radius 1 is 1.06 bits per heavy atom. The maximum absolute atomic E-state index is 12.8. The van der Waals surface area contributed by atoms with Crippen LogP contribution in [0, 0.1) is 0 Å². The molecule has 32 heavy (non-hydrogen) atoms.